The van der Waals surface area contributed by atoms with Crippen molar-refractivity contribution in [1.82, 2.24) is 0 Å². The molecule has 0 aromatic heterocycles. The van der Waals surface area contributed by atoms with E-state index in [-0.39, 0.29) is 24.2 Å². The van der Waals surface area contributed by atoms with Crippen LogP contribution in [0, 0.1) is 0 Å². The number of nitrogens with two attached hydrogens (primary N) is 1. The number of benzene rings is 1. The lowest BCUT2D eigenvalue weighted by Gasteiger charge is -2.16. The van der Waals surface area contributed by atoms with Crippen molar-refractivity contribution in [2.75, 3.05) is 7.11 Å². The van der Waals surface area contributed by atoms with E-state index in [1.807, 2.05) is 0 Å². The van der Waals surface area contributed by atoms with Crippen LogP contribution >= 0.6 is 0 Å². The number of hydrogen-bond acceptors (Lipinski definition) is 5. The summed E-state index contributed by atoms with van der Waals surface area (Å²) in [6.45, 7) is 0. The lowest BCUT2D eigenvalue weighted by atomic mass is 9.99. The van der Waals surface area contributed by atoms with Crippen LogP contribution in [-0.4, -0.2) is 34.4 Å². The van der Waals surface area contributed by atoms with E-state index in [4.69, 9.17) is 20.7 Å². The van der Waals surface area contributed by atoms with Gasteiger partial charge in [-0.25, -0.2) is 4.79 Å². The van der Waals surface area contributed by atoms with Crippen molar-refractivity contribution in [1.29, 1.82) is 0 Å². The minimum Gasteiger partial charge on any atom is -0.507 e. The van der Waals surface area contributed by atoms with E-state index in [0.717, 1.165) is 6.07 Å². The van der Waals surface area contributed by atoms with Gasteiger partial charge >= 0.3 is 11.9 Å². The molecule has 104 valence electrons. The van der Waals surface area contributed by atoms with Crippen molar-refractivity contribution in [3.05, 3.63) is 23.3 Å². The molecule has 0 saturated heterocycles. The fraction of sp³-hybridized carbons (Fsp3) is 0.333. The molecule has 19 heavy (non-hydrogen) atoms. The molecule has 1 atom stereocenters. The summed E-state index contributed by atoms with van der Waals surface area (Å²) in [5, 5.41) is 27.0. The number of aromatic hydroxyl groups is 1. The zero-order chi connectivity index (χ0) is 14.6. The number of ether oxygens (including phenoxy) is 1. The second kappa shape index (κ2) is 6.05. The van der Waals surface area contributed by atoms with Crippen molar-refractivity contribution in [2.24, 2.45) is 5.73 Å². The Bertz CT molecular complexity index is 499. The van der Waals surface area contributed by atoms with Gasteiger partial charge in [0.05, 0.1) is 7.11 Å². The maximum absolute atomic E-state index is 10.9. The van der Waals surface area contributed by atoms with Crippen LogP contribution in [-0.2, 0) is 4.79 Å². The van der Waals surface area contributed by atoms with Crippen LogP contribution in [0.15, 0.2) is 12.1 Å². The monoisotopic (exact) mass is 269 g/mol. The van der Waals surface area contributed by atoms with Crippen molar-refractivity contribution in [3.8, 4) is 11.5 Å². The van der Waals surface area contributed by atoms with E-state index in [0.29, 0.717) is 5.56 Å². The summed E-state index contributed by atoms with van der Waals surface area (Å²) >= 11 is 0. The molecule has 0 radical (unpaired) electrons. The van der Waals surface area contributed by atoms with Crippen LogP contribution in [0.5, 0.6) is 11.5 Å². The average Bonchev–Trinajstić information content (AvgIpc) is 2.34. The van der Waals surface area contributed by atoms with Gasteiger partial charge in [0.2, 0.25) is 0 Å². The summed E-state index contributed by atoms with van der Waals surface area (Å²) in [6.07, 6.45) is -0.0108. The average molecular weight is 269 g/mol. The molecule has 5 N–H and O–H groups in total. The Morgan fingerprint density at radius 3 is 2.47 bits per heavy atom. The first kappa shape index (κ1) is 14.8. The van der Waals surface area contributed by atoms with Gasteiger partial charge < -0.3 is 25.8 Å². The molecular formula is C12H15NO6. The van der Waals surface area contributed by atoms with Crippen LogP contribution in [0.1, 0.15) is 34.8 Å². The SMILES string of the molecule is COc1cc(O)c(C(=O)O)cc1C(N)CCC(=O)O. The number of rotatable bonds is 6. The fourth-order valence-electron chi connectivity index (χ4n) is 1.66. The van der Waals surface area contributed by atoms with Gasteiger partial charge in [0.1, 0.15) is 17.1 Å². The Morgan fingerprint density at radius 2 is 2.00 bits per heavy atom. The van der Waals surface area contributed by atoms with Gasteiger partial charge in [0.25, 0.3) is 0 Å². The Morgan fingerprint density at radius 1 is 1.37 bits per heavy atom. The van der Waals surface area contributed by atoms with Crippen molar-refractivity contribution in [2.45, 2.75) is 18.9 Å². The van der Waals surface area contributed by atoms with Gasteiger partial charge in [0.15, 0.2) is 0 Å². The van der Waals surface area contributed by atoms with Gasteiger partial charge in [0, 0.05) is 24.1 Å². The highest BCUT2D eigenvalue weighted by molar-refractivity contribution is 5.91. The zero-order valence-electron chi connectivity index (χ0n) is 10.3. The molecule has 0 saturated carbocycles. The fourth-order valence-corrected chi connectivity index (χ4v) is 1.66. The Hall–Kier alpha value is -2.28. The molecule has 0 heterocycles. The predicted molar refractivity (Wildman–Crippen MR) is 65.4 cm³/mol. The molecule has 0 aliphatic rings. The zero-order valence-corrected chi connectivity index (χ0v) is 10.3. The lowest BCUT2D eigenvalue weighted by molar-refractivity contribution is -0.137. The summed E-state index contributed by atoms with van der Waals surface area (Å²) in [4.78, 5) is 21.4. The quantitative estimate of drug-likeness (QED) is 0.605. The maximum Gasteiger partial charge on any atom is 0.339 e. The third-order valence-corrected chi connectivity index (χ3v) is 2.65. The van der Waals surface area contributed by atoms with Crippen LogP contribution in [0.4, 0.5) is 0 Å². The first-order valence-corrected chi connectivity index (χ1v) is 5.48. The molecule has 1 rings (SSSR count). The van der Waals surface area contributed by atoms with E-state index < -0.39 is 23.7 Å². The van der Waals surface area contributed by atoms with E-state index in [1.165, 1.54) is 13.2 Å². The minimum absolute atomic E-state index is 0.134. The maximum atomic E-state index is 10.9. The molecule has 1 aromatic carbocycles. The van der Waals surface area contributed by atoms with Gasteiger partial charge in [-0.3, -0.25) is 4.79 Å². The van der Waals surface area contributed by atoms with Crippen LogP contribution < -0.4 is 10.5 Å². The summed E-state index contributed by atoms with van der Waals surface area (Å²) in [7, 11) is 1.35. The van der Waals surface area contributed by atoms with Gasteiger partial charge in [-0.1, -0.05) is 0 Å². The Kier molecular flexibility index (Phi) is 4.71. The molecule has 0 aliphatic carbocycles. The van der Waals surface area contributed by atoms with E-state index in [2.05, 4.69) is 0 Å². The van der Waals surface area contributed by atoms with Gasteiger partial charge in [-0.15, -0.1) is 0 Å². The molecule has 0 aliphatic heterocycles. The third kappa shape index (κ3) is 3.59. The van der Waals surface area contributed by atoms with Crippen LogP contribution in [0.2, 0.25) is 0 Å². The number of carboxylic acids is 2. The molecule has 7 nitrogen and oxygen atoms in total. The molecule has 0 bridgehead atoms. The molecule has 0 fully saturated rings. The summed E-state index contributed by atoms with van der Waals surface area (Å²) in [5.41, 5.74) is 5.86. The normalized spacial score (nSPS) is 11.9. The smallest absolute Gasteiger partial charge is 0.339 e. The number of hydrogen-bond donors (Lipinski definition) is 4. The molecule has 1 unspecified atom stereocenters. The second-order valence-electron chi connectivity index (χ2n) is 3.96. The topological polar surface area (TPSA) is 130 Å². The summed E-state index contributed by atoms with van der Waals surface area (Å²) < 4.78 is 5.01. The highest BCUT2D eigenvalue weighted by Gasteiger charge is 2.19. The molecule has 0 amide bonds. The molecular weight excluding hydrogens is 254 g/mol. The van der Waals surface area contributed by atoms with Gasteiger partial charge in [-0.2, -0.15) is 0 Å². The molecule has 0 spiro atoms. The summed E-state index contributed by atoms with van der Waals surface area (Å²) in [5.74, 6) is -2.50. The lowest BCUT2D eigenvalue weighted by Crippen LogP contribution is -2.14. The van der Waals surface area contributed by atoms with Crippen molar-refractivity contribution >= 4 is 11.9 Å². The van der Waals surface area contributed by atoms with Crippen LogP contribution in [0.25, 0.3) is 0 Å². The number of phenols is 1. The predicted octanol–water partition coefficient (Wildman–Crippen LogP) is 0.964. The summed E-state index contributed by atoms with van der Waals surface area (Å²) in [6, 6.07) is 1.66. The van der Waals surface area contributed by atoms with E-state index >= 15 is 0 Å². The van der Waals surface area contributed by atoms with E-state index in [9.17, 15) is 14.7 Å². The Balaban J connectivity index is 3.13. The van der Waals surface area contributed by atoms with Crippen LogP contribution in [0.3, 0.4) is 0 Å². The minimum atomic E-state index is -1.30. The van der Waals surface area contributed by atoms with Crippen molar-refractivity contribution < 1.29 is 29.6 Å². The third-order valence-electron chi connectivity index (χ3n) is 2.65. The largest absolute Gasteiger partial charge is 0.507 e. The number of aliphatic carboxylic acids is 1. The first-order valence-electron chi connectivity index (χ1n) is 5.48. The number of aromatic carboxylic acids is 1. The standard InChI is InChI=1S/C12H15NO6/c1-19-10-5-9(14)7(12(17)18)4-6(10)8(13)2-3-11(15)16/h4-5,8,14H,2-3,13H2,1H3,(H,15,16)(H,17,18). The highest BCUT2D eigenvalue weighted by Crippen LogP contribution is 2.33. The van der Waals surface area contributed by atoms with E-state index in [1.54, 1.807) is 0 Å². The number of carbonyl (C=O) groups is 2. The number of methoxy groups -OCH3 is 1. The number of carboxylic acid groups (broad SMARTS) is 2. The highest BCUT2D eigenvalue weighted by atomic mass is 16.5. The molecule has 1 aromatic rings. The Labute approximate surface area is 109 Å². The first-order chi connectivity index (χ1) is 8.86. The molecule has 7 heteroatoms. The van der Waals surface area contributed by atoms with Gasteiger partial charge in [-0.05, 0) is 12.5 Å². The second-order valence-corrected chi connectivity index (χ2v) is 3.96. The van der Waals surface area contributed by atoms with Crippen molar-refractivity contribution in [3.63, 3.8) is 0 Å².